The summed E-state index contributed by atoms with van der Waals surface area (Å²) in [7, 11) is 0. The number of nitrogens with two attached hydrogens (primary N) is 1. The number of amides is 1. The molecule has 5 heteroatoms. The maximum absolute atomic E-state index is 12.0. The summed E-state index contributed by atoms with van der Waals surface area (Å²) in [6, 6.07) is 7.28. The van der Waals surface area contributed by atoms with Crippen molar-refractivity contribution in [2.75, 3.05) is 13.1 Å². The number of carbonyl (C=O) groups is 2. The van der Waals surface area contributed by atoms with Gasteiger partial charge in [-0.2, -0.15) is 0 Å². The minimum atomic E-state index is -0.851. The van der Waals surface area contributed by atoms with Crippen LogP contribution in [0.1, 0.15) is 11.1 Å². The van der Waals surface area contributed by atoms with E-state index in [0.717, 1.165) is 11.1 Å². The summed E-state index contributed by atoms with van der Waals surface area (Å²) in [6.07, 6.45) is 0.480. The van der Waals surface area contributed by atoms with E-state index < -0.39 is 17.9 Å². The zero-order valence-electron chi connectivity index (χ0n) is 10.9. The Bertz CT molecular complexity index is 478. The molecule has 19 heavy (non-hydrogen) atoms. The van der Waals surface area contributed by atoms with Gasteiger partial charge in [-0.25, -0.2) is 0 Å². The molecule has 2 rings (SSSR count). The van der Waals surface area contributed by atoms with E-state index in [4.69, 9.17) is 10.8 Å². The van der Waals surface area contributed by atoms with Crippen molar-refractivity contribution in [1.29, 1.82) is 0 Å². The number of carbonyl (C=O) groups excluding carboxylic acids is 1. The van der Waals surface area contributed by atoms with E-state index in [1.807, 2.05) is 31.2 Å². The largest absolute Gasteiger partial charge is 0.481 e. The predicted octanol–water partition coefficient (Wildman–Crippen LogP) is 0.408. The van der Waals surface area contributed by atoms with E-state index in [0.29, 0.717) is 6.42 Å². The first-order valence-corrected chi connectivity index (χ1v) is 6.30. The quantitative estimate of drug-likeness (QED) is 0.823. The van der Waals surface area contributed by atoms with Crippen LogP contribution < -0.4 is 5.73 Å². The lowest BCUT2D eigenvalue weighted by Gasteiger charge is -2.38. The predicted molar refractivity (Wildman–Crippen MR) is 70.6 cm³/mol. The summed E-state index contributed by atoms with van der Waals surface area (Å²) in [5.74, 6) is -1.45. The fourth-order valence-electron chi connectivity index (χ4n) is 2.11. The lowest BCUT2D eigenvalue weighted by molar-refractivity contribution is -0.153. The molecule has 0 saturated carbocycles. The minimum absolute atomic E-state index is 0.168. The molecule has 0 aromatic heterocycles. The molecular weight excluding hydrogens is 244 g/mol. The Morgan fingerprint density at radius 2 is 1.95 bits per heavy atom. The number of hydrogen-bond donors (Lipinski definition) is 2. The maximum atomic E-state index is 12.0. The molecule has 1 atom stereocenters. The van der Waals surface area contributed by atoms with Crippen LogP contribution in [0.3, 0.4) is 0 Å². The van der Waals surface area contributed by atoms with Gasteiger partial charge in [0, 0.05) is 13.1 Å². The highest BCUT2D eigenvalue weighted by atomic mass is 16.4. The maximum Gasteiger partial charge on any atom is 0.310 e. The van der Waals surface area contributed by atoms with E-state index in [9.17, 15) is 9.59 Å². The third kappa shape index (κ3) is 3.12. The van der Waals surface area contributed by atoms with Gasteiger partial charge in [-0.3, -0.25) is 9.59 Å². The van der Waals surface area contributed by atoms with Crippen LogP contribution in [0.2, 0.25) is 0 Å². The second-order valence-electron chi connectivity index (χ2n) is 5.07. The molecule has 102 valence electrons. The van der Waals surface area contributed by atoms with E-state index in [2.05, 4.69) is 0 Å². The highest BCUT2D eigenvalue weighted by Crippen LogP contribution is 2.17. The van der Waals surface area contributed by atoms with Gasteiger partial charge in [-0.05, 0) is 18.9 Å². The molecule has 1 heterocycles. The second-order valence-corrected chi connectivity index (χ2v) is 5.07. The van der Waals surface area contributed by atoms with E-state index in [-0.39, 0.29) is 19.0 Å². The van der Waals surface area contributed by atoms with Crippen LogP contribution in [0.25, 0.3) is 0 Å². The van der Waals surface area contributed by atoms with E-state index in [1.165, 1.54) is 4.90 Å². The molecule has 1 aromatic rings. The average Bonchev–Trinajstić information content (AvgIpc) is 2.29. The molecule has 3 N–H and O–H groups in total. The average molecular weight is 262 g/mol. The Balaban J connectivity index is 1.87. The van der Waals surface area contributed by atoms with Gasteiger partial charge in [-0.1, -0.05) is 29.8 Å². The summed E-state index contributed by atoms with van der Waals surface area (Å²) in [5, 5.41) is 8.76. The molecule has 0 aliphatic carbocycles. The Morgan fingerprint density at radius 1 is 1.37 bits per heavy atom. The van der Waals surface area contributed by atoms with Gasteiger partial charge in [0.05, 0.1) is 12.0 Å². The van der Waals surface area contributed by atoms with E-state index >= 15 is 0 Å². The zero-order chi connectivity index (χ0) is 14.0. The topological polar surface area (TPSA) is 83.6 Å². The number of nitrogens with zero attached hydrogens (tertiary/aromatic N) is 1. The van der Waals surface area contributed by atoms with Crippen LogP contribution in [0.4, 0.5) is 0 Å². The first-order valence-electron chi connectivity index (χ1n) is 6.30. The van der Waals surface area contributed by atoms with Crippen molar-refractivity contribution in [3.63, 3.8) is 0 Å². The van der Waals surface area contributed by atoms with E-state index in [1.54, 1.807) is 0 Å². The summed E-state index contributed by atoms with van der Waals surface area (Å²) in [5.41, 5.74) is 8.06. The van der Waals surface area contributed by atoms with Crippen LogP contribution in [0, 0.1) is 12.8 Å². The molecule has 1 fully saturated rings. The van der Waals surface area contributed by atoms with Gasteiger partial charge in [-0.15, -0.1) is 0 Å². The number of aliphatic carboxylic acids is 1. The van der Waals surface area contributed by atoms with Gasteiger partial charge in [0.25, 0.3) is 0 Å². The summed E-state index contributed by atoms with van der Waals surface area (Å²) in [6.45, 7) is 2.55. The Morgan fingerprint density at radius 3 is 2.47 bits per heavy atom. The summed E-state index contributed by atoms with van der Waals surface area (Å²) >= 11 is 0. The van der Waals surface area contributed by atoms with Crippen LogP contribution in [0.15, 0.2) is 24.3 Å². The monoisotopic (exact) mass is 262 g/mol. The van der Waals surface area contributed by atoms with Crippen molar-refractivity contribution in [3.05, 3.63) is 35.4 Å². The molecule has 1 aromatic carbocycles. The molecule has 0 bridgehead atoms. The van der Waals surface area contributed by atoms with Crippen LogP contribution in [0.5, 0.6) is 0 Å². The molecule has 1 aliphatic heterocycles. The van der Waals surface area contributed by atoms with Crippen molar-refractivity contribution >= 4 is 11.9 Å². The number of likely N-dealkylation sites (tertiary alicyclic amines) is 1. The van der Waals surface area contributed by atoms with Crippen molar-refractivity contribution in [2.24, 2.45) is 11.7 Å². The first-order chi connectivity index (χ1) is 8.97. The molecule has 0 spiro atoms. The van der Waals surface area contributed by atoms with Crippen molar-refractivity contribution in [1.82, 2.24) is 4.90 Å². The minimum Gasteiger partial charge on any atom is -0.481 e. The number of carboxylic acids is 1. The van der Waals surface area contributed by atoms with Gasteiger partial charge >= 0.3 is 5.97 Å². The lowest BCUT2D eigenvalue weighted by Crippen LogP contribution is -2.57. The van der Waals surface area contributed by atoms with Crippen molar-refractivity contribution in [2.45, 2.75) is 19.4 Å². The third-order valence-electron chi connectivity index (χ3n) is 3.44. The zero-order valence-corrected chi connectivity index (χ0v) is 10.9. The number of rotatable bonds is 4. The molecule has 1 aliphatic rings. The molecule has 5 nitrogen and oxygen atoms in total. The lowest BCUT2D eigenvalue weighted by atomic mass is 9.97. The fraction of sp³-hybridized carbons (Fsp3) is 0.429. The van der Waals surface area contributed by atoms with Gasteiger partial charge < -0.3 is 15.7 Å². The highest BCUT2D eigenvalue weighted by molar-refractivity contribution is 5.85. The Labute approximate surface area is 112 Å². The third-order valence-corrected chi connectivity index (χ3v) is 3.44. The second kappa shape index (κ2) is 5.40. The summed E-state index contributed by atoms with van der Waals surface area (Å²) in [4.78, 5) is 24.2. The van der Waals surface area contributed by atoms with Crippen molar-refractivity contribution < 1.29 is 14.7 Å². The normalized spacial score (nSPS) is 16.8. The smallest absolute Gasteiger partial charge is 0.310 e. The number of benzene rings is 1. The first kappa shape index (κ1) is 13.5. The fourth-order valence-corrected chi connectivity index (χ4v) is 2.11. The van der Waals surface area contributed by atoms with Gasteiger partial charge in [0.2, 0.25) is 5.91 Å². The van der Waals surface area contributed by atoms with Crippen LogP contribution >= 0.6 is 0 Å². The number of aryl methyl sites for hydroxylation is 1. The molecular formula is C14H18N2O3. The standard InChI is InChI=1S/C14H18N2O3/c1-9-2-4-10(5-3-9)6-12(15)13(17)16-7-11(8-16)14(18)19/h2-5,11-12H,6-8,15H2,1H3,(H,18,19). The number of carboxylic acid groups (broad SMARTS) is 1. The molecule has 1 saturated heterocycles. The highest BCUT2D eigenvalue weighted by Gasteiger charge is 2.37. The SMILES string of the molecule is Cc1ccc(CC(N)C(=O)N2CC(C(=O)O)C2)cc1. The van der Waals surface area contributed by atoms with Crippen LogP contribution in [-0.2, 0) is 16.0 Å². The Hall–Kier alpha value is -1.88. The summed E-state index contributed by atoms with van der Waals surface area (Å²) < 4.78 is 0. The van der Waals surface area contributed by atoms with Crippen LogP contribution in [-0.4, -0.2) is 41.0 Å². The molecule has 0 radical (unpaired) electrons. The van der Waals surface area contributed by atoms with Gasteiger partial charge in [0.15, 0.2) is 0 Å². The van der Waals surface area contributed by atoms with Gasteiger partial charge in [0.1, 0.15) is 0 Å². The molecule has 1 unspecified atom stereocenters. The Kier molecular flexibility index (Phi) is 3.85. The molecule has 1 amide bonds. The number of hydrogen-bond acceptors (Lipinski definition) is 3. The van der Waals surface area contributed by atoms with Crippen molar-refractivity contribution in [3.8, 4) is 0 Å².